The molecule has 0 saturated heterocycles. The molecule has 0 aliphatic carbocycles. The number of hydrogen-bond donors (Lipinski definition) is 1. The van der Waals surface area contributed by atoms with Gasteiger partial charge in [-0.15, -0.1) is 0 Å². The molecular weight excluding hydrogens is 348 g/mol. The summed E-state index contributed by atoms with van der Waals surface area (Å²) in [6.07, 6.45) is 0.694. The number of benzene rings is 2. The molecule has 0 radical (unpaired) electrons. The topological polar surface area (TPSA) is 116 Å². The number of nitrogens with zero attached hydrogens (tertiary/aromatic N) is 1. The molecular formula is C16H16N2O6S. The molecule has 0 atom stereocenters. The summed E-state index contributed by atoms with van der Waals surface area (Å²) in [7, 11) is -4.14. The zero-order chi connectivity index (χ0) is 18.4. The van der Waals surface area contributed by atoms with Gasteiger partial charge in [0.05, 0.1) is 17.1 Å². The van der Waals surface area contributed by atoms with Gasteiger partial charge >= 0.3 is 5.97 Å². The third-order valence-electron chi connectivity index (χ3n) is 3.16. The number of sulfonamides is 1. The van der Waals surface area contributed by atoms with E-state index in [0.717, 1.165) is 12.1 Å². The summed E-state index contributed by atoms with van der Waals surface area (Å²) in [5.74, 6) is -0.505. The number of esters is 1. The molecule has 2 aromatic rings. The lowest BCUT2D eigenvalue weighted by Crippen LogP contribution is -2.15. The lowest BCUT2D eigenvalue weighted by atomic mass is 10.2. The Morgan fingerprint density at radius 3 is 2.40 bits per heavy atom. The number of rotatable bonds is 7. The average molecular weight is 364 g/mol. The van der Waals surface area contributed by atoms with E-state index in [1.54, 1.807) is 0 Å². The first-order valence-electron chi connectivity index (χ1n) is 7.38. The van der Waals surface area contributed by atoms with Crippen LogP contribution in [-0.4, -0.2) is 25.9 Å². The highest BCUT2D eigenvalue weighted by molar-refractivity contribution is 7.92. The smallest absolute Gasteiger partial charge is 0.338 e. The Kier molecular flexibility index (Phi) is 5.71. The minimum atomic E-state index is -4.14. The first-order chi connectivity index (χ1) is 11.8. The highest BCUT2D eigenvalue weighted by Gasteiger charge is 2.25. The van der Waals surface area contributed by atoms with Crippen LogP contribution in [0.15, 0.2) is 53.4 Å². The molecule has 8 nitrogen and oxygen atoms in total. The third-order valence-corrected chi connectivity index (χ3v) is 4.59. The molecule has 0 aromatic heterocycles. The number of carbonyl (C=O) groups is 1. The van der Waals surface area contributed by atoms with Gasteiger partial charge in [-0.05, 0) is 36.8 Å². The minimum absolute atomic E-state index is 0.171. The number of anilines is 1. The lowest BCUT2D eigenvalue weighted by molar-refractivity contribution is -0.387. The van der Waals surface area contributed by atoms with Gasteiger partial charge in [0, 0.05) is 11.8 Å². The maximum absolute atomic E-state index is 12.4. The number of nitro groups is 1. The molecule has 0 heterocycles. The molecule has 0 aliphatic rings. The molecule has 132 valence electrons. The van der Waals surface area contributed by atoms with Crippen molar-refractivity contribution in [3.63, 3.8) is 0 Å². The van der Waals surface area contributed by atoms with Crippen LogP contribution in [0, 0.1) is 10.1 Å². The molecule has 0 spiro atoms. The van der Waals surface area contributed by atoms with E-state index < -0.39 is 31.5 Å². The summed E-state index contributed by atoms with van der Waals surface area (Å²) in [4.78, 5) is 21.5. The fraction of sp³-hybridized carbons (Fsp3) is 0.188. The van der Waals surface area contributed by atoms with E-state index in [4.69, 9.17) is 4.74 Å². The van der Waals surface area contributed by atoms with Crippen molar-refractivity contribution in [3.05, 3.63) is 64.2 Å². The second-order valence-corrected chi connectivity index (χ2v) is 6.69. The largest absolute Gasteiger partial charge is 0.462 e. The van der Waals surface area contributed by atoms with E-state index in [0.29, 0.717) is 13.0 Å². The van der Waals surface area contributed by atoms with Gasteiger partial charge < -0.3 is 4.74 Å². The van der Waals surface area contributed by atoms with Crippen molar-refractivity contribution in [1.29, 1.82) is 0 Å². The maximum atomic E-state index is 12.4. The van der Waals surface area contributed by atoms with Gasteiger partial charge in [-0.25, -0.2) is 13.2 Å². The van der Waals surface area contributed by atoms with Crippen molar-refractivity contribution >= 4 is 27.4 Å². The zero-order valence-corrected chi connectivity index (χ0v) is 14.2. The van der Waals surface area contributed by atoms with Crippen molar-refractivity contribution in [2.75, 3.05) is 11.3 Å². The van der Waals surface area contributed by atoms with E-state index in [1.165, 1.54) is 36.4 Å². The van der Waals surface area contributed by atoms with Gasteiger partial charge in [0.1, 0.15) is 0 Å². The van der Waals surface area contributed by atoms with Gasteiger partial charge in [0.15, 0.2) is 4.90 Å². The van der Waals surface area contributed by atoms with Gasteiger partial charge in [0.25, 0.3) is 15.7 Å². The number of nitro benzene ring substituents is 1. The van der Waals surface area contributed by atoms with E-state index >= 15 is 0 Å². The lowest BCUT2D eigenvalue weighted by Gasteiger charge is -2.09. The number of para-hydroxylation sites is 1. The molecule has 2 aromatic carbocycles. The Balaban J connectivity index is 2.22. The summed E-state index contributed by atoms with van der Waals surface area (Å²) in [5.41, 5.74) is -0.0676. The number of hydrogen-bond acceptors (Lipinski definition) is 6. The summed E-state index contributed by atoms with van der Waals surface area (Å²) in [5, 5.41) is 11.0. The van der Waals surface area contributed by atoms with Crippen molar-refractivity contribution < 1.29 is 22.9 Å². The van der Waals surface area contributed by atoms with Crippen LogP contribution >= 0.6 is 0 Å². The average Bonchev–Trinajstić information content (AvgIpc) is 2.60. The highest BCUT2D eigenvalue weighted by Crippen LogP contribution is 2.25. The molecule has 9 heteroatoms. The summed E-state index contributed by atoms with van der Waals surface area (Å²) >= 11 is 0. The van der Waals surface area contributed by atoms with Crippen molar-refractivity contribution in [1.82, 2.24) is 0 Å². The first-order valence-corrected chi connectivity index (χ1v) is 8.87. The number of ether oxygens (including phenoxy) is 1. The maximum Gasteiger partial charge on any atom is 0.338 e. The van der Waals surface area contributed by atoms with Crippen LogP contribution in [0.1, 0.15) is 23.7 Å². The molecule has 0 fully saturated rings. The summed E-state index contributed by atoms with van der Waals surface area (Å²) in [6.45, 7) is 2.17. The molecule has 0 bridgehead atoms. The van der Waals surface area contributed by atoms with Gasteiger partial charge in [-0.1, -0.05) is 19.1 Å². The minimum Gasteiger partial charge on any atom is -0.462 e. The molecule has 25 heavy (non-hydrogen) atoms. The van der Waals surface area contributed by atoms with Crippen molar-refractivity contribution in [2.45, 2.75) is 18.2 Å². The molecule has 0 amide bonds. The Labute approximate surface area is 144 Å². The molecule has 1 N–H and O–H groups in total. The Morgan fingerprint density at radius 1 is 1.16 bits per heavy atom. The van der Waals surface area contributed by atoms with Crippen LogP contribution in [0.3, 0.4) is 0 Å². The fourth-order valence-corrected chi connectivity index (χ4v) is 3.23. The molecule has 0 aliphatic heterocycles. The Morgan fingerprint density at radius 2 is 1.80 bits per heavy atom. The predicted octanol–water partition coefficient (Wildman–Crippen LogP) is 2.96. The summed E-state index contributed by atoms with van der Waals surface area (Å²) in [6, 6.07) is 10.6. The van der Waals surface area contributed by atoms with Crippen molar-refractivity contribution in [2.24, 2.45) is 0 Å². The van der Waals surface area contributed by atoms with Gasteiger partial charge in [0.2, 0.25) is 0 Å². The van der Waals surface area contributed by atoms with Crippen LogP contribution in [0.25, 0.3) is 0 Å². The second-order valence-electron chi connectivity index (χ2n) is 5.04. The Hall–Kier alpha value is -2.94. The highest BCUT2D eigenvalue weighted by atomic mass is 32.2. The second kappa shape index (κ2) is 7.75. The normalized spacial score (nSPS) is 10.9. The van der Waals surface area contributed by atoms with Crippen LogP contribution in [-0.2, 0) is 14.8 Å². The molecule has 0 unspecified atom stereocenters. The third kappa shape index (κ3) is 4.54. The zero-order valence-electron chi connectivity index (χ0n) is 13.3. The van der Waals surface area contributed by atoms with E-state index in [-0.39, 0.29) is 11.3 Å². The standard InChI is InChI=1S/C16H16N2O6S/c1-2-11-24-16(19)12-7-9-13(10-8-12)17-25(22,23)15-6-4-3-5-14(15)18(20)21/h3-10,17H,2,11H2,1H3. The van der Waals surface area contributed by atoms with E-state index in [2.05, 4.69) is 4.72 Å². The van der Waals surface area contributed by atoms with Gasteiger partial charge in [-0.2, -0.15) is 0 Å². The van der Waals surface area contributed by atoms with Crippen LogP contribution in [0.4, 0.5) is 11.4 Å². The molecule has 0 saturated carbocycles. The van der Waals surface area contributed by atoms with Crippen LogP contribution < -0.4 is 4.72 Å². The van der Waals surface area contributed by atoms with Gasteiger partial charge in [-0.3, -0.25) is 14.8 Å². The van der Waals surface area contributed by atoms with E-state index in [9.17, 15) is 23.3 Å². The number of carbonyl (C=O) groups excluding carboxylic acids is 1. The summed E-state index contributed by atoms with van der Waals surface area (Å²) < 4.78 is 32.0. The van der Waals surface area contributed by atoms with Crippen molar-refractivity contribution in [3.8, 4) is 0 Å². The molecule has 2 rings (SSSR count). The van der Waals surface area contributed by atoms with Crippen LogP contribution in [0.2, 0.25) is 0 Å². The first kappa shape index (κ1) is 18.4. The van der Waals surface area contributed by atoms with E-state index in [1.807, 2.05) is 6.92 Å². The predicted molar refractivity (Wildman–Crippen MR) is 90.9 cm³/mol. The SMILES string of the molecule is CCCOC(=O)c1ccc(NS(=O)(=O)c2ccccc2[N+](=O)[O-])cc1. The quantitative estimate of drug-likeness (QED) is 0.459. The monoisotopic (exact) mass is 364 g/mol. The number of nitrogens with one attached hydrogen (secondary N) is 1. The fourth-order valence-electron chi connectivity index (χ4n) is 2.00. The Bertz CT molecular complexity index is 878. The van der Waals surface area contributed by atoms with Crippen LogP contribution in [0.5, 0.6) is 0 Å².